The van der Waals surface area contributed by atoms with Crippen LogP contribution in [0.4, 0.5) is 0 Å². The third-order valence-electron chi connectivity index (χ3n) is 6.16. The number of aliphatic hydroxyl groups is 1. The van der Waals surface area contributed by atoms with Crippen molar-refractivity contribution in [2.24, 2.45) is 11.8 Å². The van der Waals surface area contributed by atoms with Crippen LogP contribution >= 0.6 is 0 Å². The summed E-state index contributed by atoms with van der Waals surface area (Å²) in [5.41, 5.74) is 0.535. The Kier molecular flexibility index (Phi) is 7.83. The summed E-state index contributed by atoms with van der Waals surface area (Å²) in [6, 6.07) is 12.2. The molecule has 0 saturated carbocycles. The van der Waals surface area contributed by atoms with Crippen LogP contribution in [-0.2, 0) is 9.16 Å². The van der Waals surface area contributed by atoms with Crippen LogP contribution in [-0.4, -0.2) is 37.7 Å². The van der Waals surface area contributed by atoms with E-state index in [9.17, 15) is 9.90 Å². The average Bonchev–Trinajstić information content (AvgIpc) is 2.80. The van der Waals surface area contributed by atoms with Gasteiger partial charge in [-0.1, -0.05) is 58.9 Å². The quantitative estimate of drug-likeness (QED) is 0.412. The first kappa shape index (κ1) is 21.9. The maximum atomic E-state index is 12.5. The Morgan fingerprint density at radius 3 is 2.15 bits per heavy atom. The lowest BCUT2D eigenvalue weighted by Gasteiger charge is -2.40. The summed E-state index contributed by atoms with van der Waals surface area (Å²) in [7, 11) is -1.85. The number of benzene rings is 1. The van der Waals surface area contributed by atoms with E-state index in [4.69, 9.17) is 9.16 Å². The van der Waals surface area contributed by atoms with Crippen molar-refractivity contribution in [2.75, 3.05) is 0 Å². The highest BCUT2D eigenvalue weighted by molar-refractivity contribution is 6.73. The fraction of sp³-hybridized carbons (Fsp3) is 0.591. The number of ether oxygens (including phenoxy) is 1. The first-order chi connectivity index (χ1) is 12.9. The molecule has 1 N–H and O–H groups in total. The predicted molar refractivity (Wildman–Crippen MR) is 111 cm³/mol. The number of aliphatic hydroxyl groups excluding tert-OH is 1. The van der Waals surface area contributed by atoms with Gasteiger partial charge in [0.15, 0.2) is 8.32 Å². The van der Waals surface area contributed by atoms with Crippen LogP contribution in [0.2, 0.25) is 18.1 Å². The van der Waals surface area contributed by atoms with Crippen LogP contribution in [0.15, 0.2) is 42.5 Å². The SMILES string of the molecule is CC[Si](CC)(CC)O[C@H]1[C@@H](C)[C@H](O)C=C[C@@H](OC(=O)c2ccccc2)[C@H]1C. The summed E-state index contributed by atoms with van der Waals surface area (Å²) in [4.78, 5) is 12.5. The van der Waals surface area contributed by atoms with Crippen LogP contribution in [0, 0.1) is 11.8 Å². The molecule has 1 aromatic rings. The van der Waals surface area contributed by atoms with E-state index >= 15 is 0 Å². The van der Waals surface area contributed by atoms with Crippen molar-refractivity contribution < 1.29 is 19.1 Å². The van der Waals surface area contributed by atoms with Gasteiger partial charge in [0.25, 0.3) is 0 Å². The molecule has 2 rings (SSSR count). The van der Waals surface area contributed by atoms with E-state index < -0.39 is 20.5 Å². The van der Waals surface area contributed by atoms with Crippen LogP contribution in [0.25, 0.3) is 0 Å². The van der Waals surface area contributed by atoms with Gasteiger partial charge in [-0.25, -0.2) is 4.79 Å². The third-order valence-corrected chi connectivity index (χ3v) is 10.8. The average molecular weight is 391 g/mol. The second kappa shape index (κ2) is 9.67. The lowest BCUT2D eigenvalue weighted by molar-refractivity contribution is -0.0185. The molecule has 1 aliphatic rings. The van der Waals surface area contributed by atoms with Crippen molar-refractivity contribution in [1.29, 1.82) is 0 Å². The maximum Gasteiger partial charge on any atom is 0.338 e. The first-order valence-electron chi connectivity index (χ1n) is 10.2. The first-order valence-corrected chi connectivity index (χ1v) is 12.7. The lowest BCUT2D eigenvalue weighted by Crippen LogP contribution is -2.48. The highest BCUT2D eigenvalue weighted by atomic mass is 28.4. The van der Waals surface area contributed by atoms with Gasteiger partial charge in [-0.15, -0.1) is 0 Å². The topological polar surface area (TPSA) is 55.8 Å². The van der Waals surface area contributed by atoms with Gasteiger partial charge in [0.1, 0.15) is 6.10 Å². The van der Waals surface area contributed by atoms with Gasteiger partial charge in [0.2, 0.25) is 0 Å². The van der Waals surface area contributed by atoms with Gasteiger partial charge in [-0.05, 0) is 36.3 Å². The highest BCUT2D eigenvalue weighted by Crippen LogP contribution is 2.34. The largest absolute Gasteiger partial charge is 0.454 e. The molecule has 150 valence electrons. The molecule has 1 aromatic carbocycles. The Morgan fingerprint density at radius 2 is 1.59 bits per heavy atom. The van der Waals surface area contributed by atoms with Crippen molar-refractivity contribution >= 4 is 14.3 Å². The molecular formula is C22H34O4Si. The molecule has 0 unspecified atom stereocenters. The monoisotopic (exact) mass is 390 g/mol. The van der Waals surface area contributed by atoms with Crippen molar-refractivity contribution in [3.8, 4) is 0 Å². The Bertz CT molecular complexity index is 618. The molecule has 5 atom stereocenters. The lowest BCUT2D eigenvalue weighted by atomic mass is 9.89. The van der Waals surface area contributed by atoms with E-state index in [-0.39, 0.29) is 23.9 Å². The normalized spacial score (nSPS) is 28.6. The maximum absolute atomic E-state index is 12.5. The molecule has 0 aromatic heterocycles. The third kappa shape index (κ3) is 5.09. The van der Waals surface area contributed by atoms with Gasteiger partial charge in [-0.2, -0.15) is 0 Å². The molecule has 27 heavy (non-hydrogen) atoms. The van der Waals surface area contributed by atoms with E-state index in [0.717, 1.165) is 18.1 Å². The Balaban J connectivity index is 2.23. The molecule has 0 fully saturated rings. The van der Waals surface area contributed by atoms with Crippen molar-refractivity contribution in [3.63, 3.8) is 0 Å². The van der Waals surface area contributed by atoms with Crippen LogP contribution in [0.5, 0.6) is 0 Å². The van der Waals surface area contributed by atoms with Gasteiger partial charge in [0.05, 0.1) is 17.8 Å². The standard InChI is InChI=1S/C22H34O4Si/c1-6-27(7-2,8-3)26-21-16(4)19(23)14-15-20(17(21)5)25-22(24)18-12-10-9-11-13-18/h9-17,19-21,23H,6-8H2,1-5H3/t16-,17+,19+,20+,21-/m0/s1. The molecule has 0 bridgehead atoms. The van der Waals surface area contributed by atoms with Crippen LogP contribution < -0.4 is 0 Å². The number of carbonyl (C=O) groups excluding carboxylic acids is 1. The van der Waals surface area contributed by atoms with Gasteiger partial charge >= 0.3 is 5.97 Å². The van der Waals surface area contributed by atoms with E-state index in [1.807, 2.05) is 31.2 Å². The zero-order chi connectivity index (χ0) is 20.0. The Hall–Kier alpha value is -1.43. The smallest absolute Gasteiger partial charge is 0.338 e. The van der Waals surface area contributed by atoms with E-state index in [1.165, 1.54) is 0 Å². The van der Waals surface area contributed by atoms with Crippen molar-refractivity contribution in [2.45, 2.75) is 71.1 Å². The van der Waals surface area contributed by atoms with Gasteiger partial charge in [0, 0.05) is 11.8 Å². The fourth-order valence-corrected chi connectivity index (χ4v) is 6.86. The molecule has 1 aliphatic carbocycles. The van der Waals surface area contributed by atoms with E-state index in [0.29, 0.717) is 5.56 Å². The van der Waals surface area contributed by atoms with Crippen molar-refractivity contribution in [3.05, 3.63) is 48.0 Å². The van der Waals surface area contributed by atoms with Gasteiger partial charge in [-0.3, -0.25) is 0 Å². The summed E-state index contributed by atoms with van der Waals surface area (Å²) in [6.07, 6.45) is 2.41. The number of hydrogen-bond donors (Lipinski definition) is 1. The molecule has 0 amide bonds. The minimum atomic E-state index is -1.85. The molecule has 0 aliphatic heterocycles. The Labute approximate surface area is 164 Å². The summed E-state index contributed by atoms with van der Waals surface area (Å²) in [5.74, 6) is -0.421. The second-order valence-electron chi connectivity index (χ2n) is 7.66. The fourth-order valence-electron chi connectivity index (χ4n) is 3.85. The molecule has 4 nitrogen and oxygen atoms in total. The highest BCUT2D eigenvalue weighted by Gasteiger charge is 2.42. The number of esters is 1. The van der Waals surface area contributed by atoms with E-state index in [1.54, 1.807) is 18.2 Å². The van der Waals surface area contributed by atoms with E-state index in [2.05, 4.69) is 27.7 Å². The summed E-state index contributed by atoms with van der Waals surface area (Å²) >= 11 is 0. The van der Waals surface area contributed by atoms with Crippen LogP contribution in [0.1, 0.15) is 45.0 Å². The predicted octanol–water partition coefficient (Wildman–Crippen LogP) is 4.81. The molecule has 0 saturated heterocycles. The number of carbonyl (C=O) groups is 1. The molecular weight excluding hydrogens is 356 g/mol. The summed E-state index contributed by atoms with van der Waals surface area (Å²) in [6.45, 7) is 10.7. The van der Waals surface area contributed by atoms with Gasteiger partial charge < -0.3 is 14.3 Å². The van der Waals surface area contributed by atoms with Crippen LogP contribution in [0.3, 0.4) is 0 Å². The Morgan fingerprint density at radius 1 is 1.00 bits per heavy atom. The molecule has 0 spiro atoms. The molecule has 0 radical (unpaired) electrons. The summed E-state index contributed by atoms with van der Waals surface area (Å²) < 4.78 is 12.6. The summed E-state index contributed by atoms with van der Waals surface area (Å²) in [5, 5.41) is 10.5. The number of rotatable bonds is 7. The molecule has 0 heterocycles. The zero-order valence-electron chi connectivity index (χ0n) is 17.2. The molecule has 5 heteroatoms. The van der Waals surface area contributed by atoms with Crippen molar-refractivity contribution in [1.82, 2.24) is 0 Å². The second-order valence-corrected chi connectivity index (χ2v) is 12.4. The minimum Gasteiger partial charge on any atom is -0.454 e. The minimum absolute atomic E-state index is 0.0300. The number of hydrogen-bond acceptors (Lipinski definition) is 4. The zero-order valence-corrected chi connectivity index (χ0v) is 18.2.